The molecule has 0 amide bonds. The molecule has 0 radical (unpaired) electrons. The van der Waals surface area contributed by atoms with E-state index < -0.39 is 0 Å². The van der Waals surface area contributed by atoms with E-state index in [1.165, 1.54) is 0 Å². The van der Waals surface area contributed by atoms with Gasteiger partial charge in [-0.2, -0.15) is 0 Å². The van der Waals surface area contributed by atoms with Gasteiger partial charge in [0.2, 0.25) is 0 Å². The maximum atomic E-state index is 6.15. The molecule has 0 spiro atoms. The Morgan fingerprint density at radius 1 is 1.16 bits per heavy atom. The van der Waals surface area contributed by atoms with Crippen molar-refractivity contribution in [3.05, 3.63) is 51.8 Å². The lowest BCUT2D eigenvalue weighted by atomic mass is 10.1. The van der Waals surface area contributed by atoms with Crippen molar-refractivity contribution in [1.82, 2.24) is 4.98 Å². The molecule has 4 heteroatoms. The maximum absolute atomic E-state index is 6.15. The molecule has 100 valence electrons. The van der Waals surface area contributed by atoms with Crippen LogP contribution in [-0.2, 0) is 6.54 Å². The minimum absolute atomic E-state index is 0.397. The third-order valence-electron chi connectivity index (χ3n) is 2.94. The minimum Gasteiger partial charge on any atom is -0.457 e. The molecule has 0 atom stereocenters. The summed E-state index contributed by atoms with van der Waals surface area (Å²) in [4.78, 5) is 4.22. The standard InChI is InChI=1S/C15H17ClN2O/c1-9-4-13(5-10(2)15(9)16)19-14-6-11(3)18-8-12(14)7-17/h4-6,8H,7,17H2,1-3H3. The lowest BCUT2D eigenvalue weighted by Crippen LogP contribution is -2.01. The van der Waals surface area contributed by atoms with Gasteiger partial charge in [-0.05, 0) is 44.0 Å². The Bertz CT molecular complexity index is 588. The van der Waals surface area contributed by atoms with Gasteiger partial charge in [0.1, 0.15) is 11.5 Å². The first-order valence-corrected chi connectivity index (χ1v) is 6.49. The monoisotopic (exact) mass is 276 g/mol. The van der Waals surface area contributed by atoms with Crippen molar-refractivity contribution in [2.45, 2.75) is 27.3 Å². The normalized spacial score (nSPS) is 10.6. The minimum atomic E-state index is 0.397. The molecule has 0 aliphatic rings. The molecule has 0 aliphatic carbocycles. The second-order valence-electron chi connectivity index (χ2n) is 4.61. The van der Waals surface area contributed by atoms with Crippen molar-refractivity contribution in [3.63, 3.8) is 0 Å². The lowest BCUT2D eigenvalue weighted by Gasteiger charge is -2.12. The first-order chi connectivity index (χ1) is 9.01. The summed E-state index contributed by atoms with van der Waals surface area (Å²) >= 11 is 6.15. The van der Waals surface area contributed by atoms with Crippen LogP contribution in [0.1, 0.15) is 22.4 Å². The van der Waals surface area contributed by atoms with E-state index in [2.05, 4.69) is 4.98 Å². The summed E-state index contributed by atoms with van der Waals surface area (Å²) in [5.41, 5.74) is 9.47. The van der Waals surface area contributed by atoms with Gasteiger partial charge in [-0.15, -0.1) is 0 Å². The predicted molar refractivity (Wildman–Crippen MR) is 77.9 cm³/mol. The van der Waals surface area contributed by atoms with Crippen molar-refractivity contribution < 1.29 is 4.74 Å². The molecule has 0 saturated carbocycles. The molecule has 2 N–H and O–H groups in total. The van der Waals surface area contributed by atoms with Gasteiger partial charge in [0.15, 0.2) is 0 Å². The number of ether oxygens (including phenoxy) is 1. The summed E-state index contributed by atoms with van der Waals surface area (Å²) in [5.74, 6) is 1.51. The van der Waals surface area contributed by atoms with Crippen LogP contribution in [0.15, 0.2) is 24.4 Å². The van der Waals surface area contributed by atoms with Crippen LogP contribution < -0.4 is 10.5 Å². The summed E-state index contributed by atoms with van der Waals surface area (Å²) in [6.07, 6.45) is 1.75. The number of nitrogens with two attached hydrogens (primary N) is 1. The molecule has 2 rings (SSSR count). The van der Waals surface area contributed by atoms with E-state index in [-0.39, 0.29) is 0 Å². The summed E-state index contributed by atoms with van der Waals surface area (Å²) in [6, 6.07) is 5.73. The van der Waals surface area contributed by atoms with Crippen LogP contribution in [0.2, 0.25) is 5.02 Å². The van der Waals surface area contributed by atoms with Crippen molar-refractivity contribution in [1.29, 1.82) is 0 Å². The molecule has 2 aromatic rings. The van der Waals surface area contributed by atoms with Crippen LogP contribution in [0.3, 0.4) is 0 Å². The van der Waals surface area contributed by atoms with Crippen LogP contribution in [-0.4, -0.2) is 4.98 Å². The number of nitrogens with zero attached hydrogens (tertiary/aromatic N) is 1. The van der Waals surface area contributed by atoms with Crippen molar-refractivity contribution in [2.24, 2.45) is 5.73 Å². The zero-order chi connectivity index (χ0) is 14.0. The van der Waals surface area contributed by atoms with E-state index in [4.69, 9.17) is 22.1 Å². The highest BCUT2D eigenvalue weighted by molar-refractivity contribution is 6.32. The first-order valence-electron chi connectivity index (χ1n) is 6.11. The molecule has 19 heavy (non-hydrogen) atoms. The zero-order valence-electron chi connectivity index (χ0n) is 11.3. The average molecular weight is 277 g/mol. The number of pyridine rings is 1. The van der Waals surface area contributed by atoms with Crippen molar-refractivity contribution in [2.75, 3.05) is 0 Å². The zero-order valence-corrected chi connectivity index (χ0v) is 12.1. The topological polar surface area (TPSA) is 48.1 Å². The number of aryl methyl sites for hydroxylation is 3. The number of hydrogen-bond acceptors (Lipinski definition) is 3. The van der Waals surface area contributed by atoms with Crippen LogP contribution in [0.4, 0.5) is 0 Å². The van der Waals surface area contributed by atoms with E-state index in [9.17, 15) is 0 Å². The highest BCUT2D eigenvalue weighted by Gasteiger charge is 2.08. The number of hydrogen-bond donors (Lipinski definition) is 1. The van der Waals surface area contributed by atoms with Crippen LogP contribution in [0.5, 0.6) is 11.5 Å². The second-order valence-corrected chi connectivity index (χ2v) is 4.99. The summed E-state index contributed by atoms with van der Waals surface area (Å²) in [5, 5.41) is 0.775. The van der Waals surface area contributed by atoms with Gasteiger partial charge in [-0.1, -0.05) is 11.6 Å². The quantitative estimate of drug-likeness (QED) is 0.924. The Morgan fingerprint density at radius 2 is 1.79 bits per heavy atom. The SMILES string of the molecule is Cc1cc(Oc2cc(C)c(Cl)c(C)c2)c(CN)cn1. The molecular formula is C15H17ClN2O. The highest BCUT2D eigenvalue weighted by Crippen LogP contribution is 2.30. The first kappa shape index (κ1) is 13.8. The third kappa shape index (κ3) is 3.06. The number of benzene rings is 1. The van der Waals surface area contributed by atoms with Gasteiger partial charge >= 0.3 is 0 Å². The van der Waals surface area contributed by atoms with Gasteiger partial charge in [-0.25, -0.2) is 0 Å². The highest BCUT2D eigenvalue weighted by atomic mass is 35.5. The van der Waals surface area contributed by atoms with E-state index in [0.717, 1.165) is 38.9 Å². The van der Waals surface area contributed by atoms with E-state index >= 15 is 0 Å². The Labute approximate surface area is 118 Å². The molecule has 0 bridgehead atoms. The maximum Gasteiger partial charge on any atom is 0.135 e. The Balaban J connectivity index is 2.38. The lowest BCUT2D eigenvalue weighted by molar-refractivity contribution is 0.474. The average Bonchev–Trinajstić information content (AvgIpc) is 2.36. The van der Waals surface area contributed by atoms with Gasteiger partial charge < -0.3 is 10.5 Å². The largest absolute Gasteiger partial charge is 0.457 e. The van der Waals surface area contributed by atoms with Gasteiger partial charge in [0, 0.05) is 35.1 Å². The molecule has 3 nitrogen and oxygen atoms in total. The molecular weight excluding hydrogens is 260 g/mol. The van der Waals surface area contributed by atoms with Gasteiger partial charge in [-0.3, -0.25) is 4.98 Å². The fourth-order valence-electron chi connectivity index (χ4n) is 1.90. The molecule has 0 fully saturated rings. The summed E-state index contributed by atoms with van der Waals surface area (Å²) in [7, 11) is 0. The van der Waals surface area contributed by atoms with Crippen LogP contribution in [0.25, 0.3) is 0 Å². The van der Waals surface area contributed by atoms with Gasteiger partial charge in [0.25, 0.3) is 0 Å². The number of rotatable bonds is 3. The third-order valence-corrected chi connectivity index (χ3v) is 3.53. The molecule has 0 aliphatic heterocycles. The van der Waals surface area contributed by atoms with E-state index in [1.807, 2.05) is 39.0 Å². The number of halogens is 1. The fraction of sp³-hybridized carbons (Fsp3) is 0.267. The van der Waals surface area contributed by atoms with Gasteiger partial charge in [0.05, 0.1) is 0 Å². The van der Waals surface area contributed by atoms with Crippen molar-refractivity contribution >= 4 is 11.6 Å². The Kier molecular flexibility index (Phi) is 4.08. The summed E-state index contributed by atoms with van der Waals surface area (Å²) in [6.45, 7) is 6.24. The molecule has 1 aromatic carbocycles. The van der Waals surface area contributed by atoms with Crippen molar-refractivity contribution in [3.8, 4) is 11.5 Å². The molecule has 1 heterocycles. The number of aromatic nitrogens is 1. The van der Waals surface area contributed by atoms with Crippen LogP contribution >= 0.6 is 11.6 Å². The molecule has 0 saturated heterocycles. The second kappa shape index (κ2) is 5.59. The van der Waals surface area contributed by atoms with E-state index in [0.29, 0.717) is 6.54 Å². The van der Waals surface area contributed by atoms with E-state index in [1.54, 1.807) is 6.20 Å². The predicted octanol–water partition coefficient (Wildman–Crippen LogP) is 3.91. The fourth-order valence-corrected chi connectivity index (χ4v) is 2.01. The molecule has 1 aromatic heterocycles. The summed E-state index contributed by atoms with van der Waals surface area (Å²) < 4.78 is 5.92. The molecule has 0 unspecified atom stereocenters. The Hall–Kier alpha value is -1.58. The smallest absolute Gasteiger partial charge is 0.135 e. The van der Waals surface area contributed by atoms with Crippen LogP contribution in [0, 0.1) is 20.8 Å². The Morgan fingerprint density at radius 3 is 2.37 bits per heavy atom.